The number of benzene rings is 1. The molecule has 1 unspecified atom stereocenters. The standard InChI is InChI=1S/C15H17BrN2OS/c16-14-7-6-12(20-14)8-9-18-15(19)13(10-17)11-4-2-1-3-5-11/h1-7,13H,8-10,17H2,(H,18,19). The van der Waals surface area contributed by atoms with Crippen LogP contribution in [0.1, 0.15) is 16.4 Å². The summed E-state index contributed by atoms with van der Waals surface area (Å²) >= 11 is 5.12. The number of halogens is 1. The van der Waals surface area contributed by atoms with Crippen molar-refractivity contribution in [1.82, 2.24) is 5.32 Å². The first-order valence-electron chi connectivity index (χ1n) is 6.47. The van der Waals surface area contributed by atoms with Crippen molar-refractivity contribution in [3.63, 3.8) is 0 Å². The van der Waals surface area contributed by atoms with Crippen molar-refractivity contribution in [2.45, 2.75) is 12.3 Å². The summed E-state index contributed by atoms with van der Waals surface area (Å²) in [5.41, 5.74) is 6.69. The number of amides is 1. The van der Waals surface area contributed by atoms with E-state index in [4.69, 9.17) is 5.73 Å². The Kier molecular flexibility index (Phi) is 5.76. The number of rotatable bonds is 6. The van der Waals surface area contributed by atoms with Gasteiger partial charge < -0.3 is 11.1 Å². The summed E-state index contributed by atoms with van der Waals surface area (Å²) in [5.74, 6) is -0.277. The number of nitrogens with two attached hydrogens (primary N) is 1. The van der Waals surface area contributed by atoms with Gasteiger partial charge in [-0.1, -0.05) is 30.3 Å². The number of carbonyl (C=O) groups excluding carboxylic acids is 1. The minimum absolute atomic E-state index is 0.00526. The van der Waals surface area contributed by atoms with Gasteiger partial charge in [-0.3, -0.25) is 4.79 Å². The molecule has 106 valence electrons. The van der Waals surface area contributed by atoms with Crippen LogP contribution in [-0.4, -0.2) is 19.0 Å². The monoisotopic (exact) mass is 352 g/mol. The first-order valence-corrected chi connectivity index (χ1v) is 8.08. The molecule has 0 spiro atoms. The molecule has 0 saturated heterocycles. The summed E-state index contributed by atoms with van der Waals surface area (Å²) in [6.45, 7) is 0.954. The van der Waals surface area contributed by atoms with Crippen LogP contribution in [0, 0.1) is 0 Å². The molecule has 1 heterocycles. The quantitative estimate of drug-likeness (QED) is 0.839. The van der Waals surface area contributed by atoms with E-state index >= 15 is 0 Å². The Balaban J connectivity index is 1.87. The van der Waals surface area contributed by atoms with E-state index in [0.717, 1.165) is 15.8 Å². The zero-order chi connectivity index (χ0) is 14.4. The van der Waals surface area contributed by atoms with E-state index in [1.54, 1.807) is 11.3 Å². The number of nitrogens with one attached hydrogen (secondary N) is 1. The maximum Gasteiger partial charge on any atom is 0.228 e. The summed E-state index contributed by atoms with van der Waals surface area (Å²) < 4.78 is 1.11. The fraction of sp³-hybridized carbons (Fsp3) is 0.267. The minimum Gasteiger partial charge on any atom is -0.355 e. The summed E-state index contributed by atoms with van der Waals surface area (Å²) in [5, 5.41) is 2.96. The van der Waals surface area contributed by atoms with Crippen molar-refractivity contribution in [1.29, 1.82) is 0 Å². The van der Waals surface area contributed by atoms with Gasteiger partial charge in [-0.25, -0.2) is 0 Å². The molecule has 2 aromatic rings. The molecule has 2 rings (SSSR count). The van der Waals surface area contributed by atoms with Gasteiger partial charge in [0.2, 0.25) is 5.91 Å². The van der Waals surface area contributed by atoms with Gasteiger partial charge in [0.05, 0.1) is 9.70 Å². The molecule has 1 amide bonds. The summed E-state index contributed by atoms with van der Waals surface area (Å²) in [6, 6.07) is 13.8. The van der Waals surface area contributed by atoms with Gasteiger partial charge in [-0.05, 0) is 40.0 Å². The highest BCUT2D eigenvalue weighted by molar-refractivity contribution is 9.11. The lowest BCUT2D eigenvalue weighted by molar-refractivity contribution is -0.122. The third-order valence-electron chi connectivity index (χ3n) is 3.05. The molecule has 1 aromatic carbocycles. The van der Waals surface area contributed by atoms with Gasteiger partial charge in [0.25, 0.3) is 0 Å². The Morgan fingerprint density at radius 1 is 1.25 bits per heavy atom. The van der Waals surface area contributed by atoms with Crippen molar-refractivity contribution >= 4 is 33.2 Å². The maximum atomic E-state index is 12.2. The van der Waals surface area contributed by atoms with Crippen LogP contribution in [0.15, 0.2) is 46.3 Å². The third-order valence-corrected chi connectivity index (χ3v) is 4.74. The number of hydrogen-bond acceptors (Lipinski definition) is 3. The number of hydrogen-bond donors (Lipinski definition) is 2. The molecule has 5 heteroatoms. The number of carbonyl (C=O) groups is 1. The first-order chi connectivity index (χ1) is 9.70. The summed E-state index contributed by atoms with van der Waals surface area (Å²) in [4.78, 5) is 13.4. The van der Waals surface area contributed by atoms with Crippen molar-refractivity contribution in [3.8, 4) is 0 Å². The van der Waals surface area contributed by atoms with Gasteiger partial charge >= 0.3 is 0 Å². The molecule has 20 heavy (non-hydrogen) atoms. The van der Waals surface area contributed by atoms with Gasteiger partial charge in [0.1, 0.15) is 0 Å². The molecule has 1 atom stereocenters. The molecule has 0 radical (unpaired) electrons. The van der Waals surface area contributed by atoms with E-state index in [2.05, 4.69) is 27.3 Å². The van der Waals surface area contributed by atoms with E-state index in [9.17, 15) is 4.79 Å². The average molecular weight is 353 g/mol. The summed E-state index contributed by atoms with van der Waals surface area (Å²) in [6.07, 6.45) is 0.841. The van der Waals surface area contributed by atoms with Gasteiger partial charge in [0, 0.05) is 18.0 Å². The molecule has 0 aliphatic heterocycles. The van der Waals surface area contributed by atoms with Crippen LogP contribution in [0.4, 0.5) is 0 Å². The molecule has 0 fully saturated rings. The maximum absolute atomic E-state index is 12.2. The molecule has 0 aliphatic rings. The molecule has 3 nitrogen and oxygen atoms in total. The van der Waals surface area contributed by atoms with Crippen molar-refractivity contribution in [2.75, 3.05) is 13.1 Å². The molecular formula is C15H17BrN2OS. The van der Waals surface area contributed by atoms with Crippen LogP contribution >= 0.6 is 27.3 Å². The molecule has 3 N–H and O–H groups in total. The highest BCUT2D eigenvalue weighted by Gasteiger charge is 2.18. The predicted molar refractivity (Wildman–Crippen MR) is 87.0 cm³/mol. The van der Waals surface area contributed by atoms with E-state index in [-0.39, 0.29) is 11.8 Å². The van der Waals surface area contributed by atoms with Crippen molar-refractivity contribution < 1.29 is 4.79 Å². The highest BCUT2D eigenvalue weighted by atomic mass is 79.9. The smallest absolute Gasteiger partial charge is 0.228 e. The van der Waals surface area contributed by atoms with Crippen LogP contribution in [0.2, 0.25) is 0 Å². The van der Waals surface area contributed by atoms with E-state index < -0.39 is 0 Å². The zero-order valence-corrected chi connectivity index (χ0v) is 13.4. The Hall–Kier alpha value is -1.17. The van der Waals surface area contributed by atoms with Gasteiger partial charge in [-0.2, -0.15) is 0 Å². The van der Waals surface area contributed by atoms with E-state index in [1.165, 1.54) is 4.88 Å². The Bertz CT molecular complexity index is 556. The van der Waals surface area contributed by atoms with Crippen LogP contribution in [-0.2, 0) is 11.2 Å². The molecular weight excluding hydrogens is 336 g/mol. The molecule has 0 saturated carbocycles. The van der Waals surface area contributed by atoms with Crippen LogP contribution in [0.5, 0.6) is 0 Å². The topological polar surface area (TPSA) is 55.1 Å². The van der Waals surface area contributed by atoms with Gasteiger partial charge in [0.15, 0.2) is 0 Å². The van der Waals surface area contributed by atoms with Crippen LogP contribution in [0.3, 0.4) is 0 Å². The largest absolute Gasteiger partial charge is 0.355 e. The SMILES string of the molecule is NCC(C(=O)NCCc1ccc(Br)s1)c1ccccc1. The summed E-state index contributed by atoms with van der Waals surface area (Å²) in [7, 11) is 0. The van der Waals surface area contributed by atoms with Crippen molar-refractivity contribution in [2.24, 2.45) is 5.73 Å². The molecule has 0 bridgehead atoms. The first kappa shape index (κ1) is 15.2. The van der Waals surface area contributed by atoms with E-state index in [0.29, 0.717) is 13.1 Å². The Labute approximate surface area is 131 Å². The second-order valence-corrected chi connectivity index (χ2v) is 6.99. The second-order valence-electron chi connectivity index (χ2n) is 4.45. The Morgan fingerprint density at radius 2 is 2.00 bits per heavy atom. The fourth-order valence-electron chi connectivity index (χ4n) is 2.00. The predicted octanol–water partition coefficient (Wildman–Crippen LogP) is 2.91. The molecule has 1 aromatic heterocycles. The highest BCUT2D eigenvalue weighted by Crippen LogP contribution is 2.22. The average Bonchev–Trinajstić information content (AvgIpc) is 2.86. The van der Waals surface area contributed by atoms with Gasteiger partial charge in [-0.15, -0.1) is 11.3 Å². The fourth-order valence-corrected chi connectivity index (χ4v) is 3.48. The van der Waals surface area contributed by atoms with Crippen LogP contribution in [0.25, 0.3) is 0 Å². The zero-order valence-electron chi connectivity index (χ0n) is 11.0. The van der Waals surface area contributed by atoms with E-state index in [1.807, 2.05) is 36.4 Å². The Morgan fingerprint density at radius 3 is 2.60 bits per heavy atom. The number of thiophene rings is 1. The van der Waals surface area contributed by atoms with Crippen LogP contribution < -0.4 is 11.1 Å². The molecule has 0 aliphatic carbocycles. The second kappa shape index (κ2) is 7.57. The lowest BCUT2D eigenvalue weighted by atomic mass is 9.98. The lowest BCUT2D eigenvalue weighted by Crippen LogP contribution is -2.34. The minimum atomic E-state index is -0.272. The third kappa shape index (κ3) is 4.16. The lowest BCUT2D eigenvalue weighted by Gasteiger charge is -2.15. The normalized spacial score (nSPS) is 12.1. The van der Waals surface area contributed by atoms with Crippen molar-refractivity contribution in [3.05, 3.63) is 56.7 Å².